The van der Waals surface area contributed by atoms with E-state index < -0.39 is 11.7 Å². The second-order valence-electron chi connectivity index (χ2n) is 5.41. The Morgan fingerprint density at radius 3 is 2.65 bits per heavy atom. The summed E-state index contributed by atoms with van der Waals surface area (Å²) < 4.78 is 38.1. The molecule has 1 aromatic carbocycles. The number of nitrogens with zero attached hydrogens (tertiary/aromatic N) is 1. The van der Waals surface area contributed by atoms with Crippen LogP contribution in [0, 0.1) is 0 Å². The minimum Gasteiger partial charge on any atom is -0.342 e. The summed E-state index contributed by atoms with van der Waals surface area (Å²) in [5, 5.41) is 0. The number of aromatic nitrogens is 2. The monoisotopic (exact) mass is 283 g/mol. The van der Waals surface area contributed by atoms with Crippen molar-refractivity contribution in [2.75, 3.05) is 0 Å². The number of rotatable bonds is 1. The number of nitrogens with two attached hydrogens (primary N) is 1. The van der Waals surface area contributed by atoms with Crippen molar-refractivity contribution in [3.63, 3.8) is 0 Å². The van der Waals surface area contributed by atoms with Crippen molar-refractivity contribution in [2.24, 2.45) is 5.73 Å². The molecule has 0 radical (unpaired) electrons. The Kier molecular flexibility index (Phi) is 3.20. The SMILES string of the molecule is NC1CCCCC1c1nc2ccc(C(F)(F)F)cc2[nH]1. The van der Waals surface area contributed by atoms with Gasteiger partial charge in [0.25, 0.3) is 0 Å². The van der Waals surface area contributed by atoms with E-state index in [9.17, 15) is 13.2 Å². The highest BCUT2D eigenvalue weighted by molar-refractivity contribution is 5.76. The second kappa shape index (κ2) is 4.77. The van der Waals surface area contributed by atoms with E-state index in [2.05, 4.69) is 9.97 Å². The Labute approximate surface area is 114 Å². The number of fused-ring (bicyclic) bond motifs is 1. The quantitative estimate of drug-likeness (QED) is 0.840. The number of H-pyrrole nitrogens is 1. The zero-order valence-electron chi connectivity index (χ0n) is 10.9. The first-order chi connectivity index (χ1) is 9.45. The fourth-order valence-corrected chi connectivity index (χ4v) is 2.88. The van der Waals surface area contributed by atoms with Crippen LogP contribution in [0.25, 0.3) is 11.0 Å². The third-order valence-corrected chi connectivity index (χ3v) is 4.00. The highest BCUT2D eigenvalue weighted by Crippen LogP contribution is 2.34. The smallest absolute Gasteiger partial charge is 0.342 e. The lowest BCUT2D eigenvalue weighted by atomic mass is 9.84. The third-order valence-electron chi connectivity index (χ3n) is 4.00. The fourth-order valence-electron chi connectivity index (χ4n) is 2.88. The maximum absolute atomic E-state index is 12.7. The van der Waals surface area contributed by atoms with E-state index in [1.54, 1.807) is 0 Å². The maximum atomic E-state index is 12.7. The largest absolute Gasteiger partial charge is 0.416 e. The summed E-state index contributed by atoms with van der Waals surface area (Å²) in [5.41, 5.74) is 6.42. The Balaban J connectivity index is 1.98. The molecule has 108 valence electrons. The van der Waals surface area contributed by atoms with Gasteiger partial charge in [0.05, 0.1) is 16.6 Å². The number of aromatic amines is 1. The van der Waals surface area contributed by atoms with Gasteiger partial charge in [0.1, 0.15) is 5.82 Å². The van der Waals surface area contributed by atoms with Crippen LogP contribution < -0.4 is 5.73 Å². The molecule has 1 aliphatic carbocycles. The number of hydrogen-bond acceptors (Lipinski definition) is 2. The first-order valence-corrected chi connectivity index (χ1v) is 6.77. The number of hydrogen-bond donors (Lipinski definition) is 2. The van der Waals surface area contributed by atoms with Gasteiger partial charge in [-0.05, 0) is 31.0 Å². The predicted octanol–water partition coefficient (Wildman–Crippen LogP) is 3.57. The standard InChI is InChI=1S/C14H16F3N3/c15-14(16,17)8-5-6-11-12(7-8)20-13(19-11)9-3-1-2-4-10(9)18/h5-7,9-10H,1-4,18H2,(H,19,20). The summed E-state index contributed by atoms with van der Waals surface area (Å²) in [6, 6.07) is 3.62. The molecule has 0 bridgehead atoms. The normalized spacial score (nSPS) is 24.2. The summed E-state index contributed by atoms with van der Waals surface area (Å²) in [6.45, 7) is 0. The molecule has 2 aromatic rings. The van der Waals surface area contributed by atoms with Crippen LogP contribution in [0.4, 0.5) is 13.2 Å². The molecule has 20 heavy (non-hydrogen) atoms. The molecule has 1 saturated carbocycles. The van der Waals surface area contributed by atoms with Crippen molar-refractivity contribution in [2.45, 2.75) is 43.8 Å². The van der Waals surface area contributed by atoms with E-state index in [4.69, 9.17) is 5.73 Å². The van der Waals surface area contributed by atoms with Crippen molar-refractivity contribution in [3.05, 3.63) is 29.6 Å². The van der Waals surface area contributed by atoms with Gasteiger partial charge in [0.2, 0.25) is 0 Å². The Bertz CT molecular complexity index is 618. The summed E-state index contributed by atoms with van der Waals surface area (Å²) in [5.74, 6) is 0.831. The molecule has 2 atom stereocenters. The van der Waals surface area contributed by atoms with Gasteiger partial charge >= 0.3 is 6.18 Å². The van der Waals surface area contributed by atoms with Crippen LogP contribution in [0.3, 0.4) is 0 Å². The molecule has 1 aliphatic rings. The van der Waals surface area contributed by atoms with Crippen LogP contribution in [0.2, 0.25) is 0 Å². The Morgan fingerprint density at radius 2 is 1.95 bits per heavy atom. The van der Waals surface area contributed by atoms with E-state index in [0.29, 0.717) is 16.9 Å². The summed E-state index contributed by atoms with van der Waals surface area (Å²) >= 11 is 0. The molecular formula is C14H16F3N3. The minimum atomic E-state index is -4.33. The Morgan fingerprint density at radius 1 is 1.20 bits per heavy atom. The van der Waals surface area contributed by atoms with Crippen LogP contribution >= 0.6 is 0 Å². The number of imidazole rings is 1. The van der Waals surface area contributed by atoms with E-state index in [-0.39, 0.29) is 12.0 Å². The molecule has 1 heterocycles. The second-order valence-corrected chi connectivity index (χ2v) is 5.41. The zero-order chi connectivity index (χ0) is 14.3. The van der Waals surface area contributed by atoms with Gasteiger partial charge < -0.3 is 10.7 Å². The van der Waals surface area contributed by atoms with Crippen molar-refractivity contribution >= 4 is 11.0 Å². The lowest BCUT2D eigenvalue weighted by molar-refractivity contribution is -0.137. The highest BCUT2D eigenvalue weighted by Gasteiger charge is 2.31. The average Bonchev–Trinajstić information content (AvgIpc) is 2.80. The molecule has 2 unspecified atom stereocenters. The zero-order valence-corrected chi connectivity index (χ0v) is 10.9. The van der Waals surface area contributed by atoms with Crippen LogP contribution in [-0.2, 0) is 6.18 Å². The van der Waals surface area contributed by atoms with Crippen molar-refractivity contribution in [3.8, 4) is 0 Å². The highest BCUT2D eigenvalue weighted by atomic mass is 19.4. The van der Waals surface area contributed by atoms with Crippen LogP contribution in [0.1, 0.15) is 43.0 Å². The number of alkyl halides is 3. The van der Waals surface area contributed by atoms with Gasteiger partial charge in [-0.2, -0.15) is 13.2 Å². The average molecular weight is 283 g/mol. The number of halogens is 3. The lowest BCUT2D eigenvalue weighted by Gasteiger charge is -2.26. The predicted molar refractivity (Wildman–Crippen MR) is 70.3 cm³/mol. The molecule has 3 rings (SSSR count). The van der Waals surface area contributed by atoms with Gasteiger partial charge in [0, 0.05) is 12.0 Å². The first kappa shape index (κ1) is 13.4. The van der Waals surface area contributed by atoms with E-state index in [0.717, 1.165) is 37.8 Å². The summed E-state index contributed by atoms with van der Waals surface area (Å²) in [4.78, 5) is 7.42. The summed E-state index contributed by atoms with van der Waals surface area (Å²) in [6.07, 6.45) is -0.261. The van der Waals surface area contributed by atoms with Gasteiger partial charge in [-0.15, -0.1) is 0 Å². The maximum Gasteiger partial charge on any atom is 0.416 e. The van der Waals surface area contributed by atoms with Gasteiger partial charge in [-0.25, -0.2) is 4.98 Å². The van der Waals surface area contributed by atoms with Gasteiger partial charge in [-0.3, -0.25) is 0 Å². The third kappa shape index (κ3) is 2.40. The fraction of sp³-hybridized carbons (Fsp3) is 0.500. The van der Waals surface area contributed by atoms with E-state index >= 15 is 0 Å². The molecule has 1 aromatic heterocycles. The number of nitrogens with one attached hydrogen (secondary N) is 1. The van der Waals surface area contributed by atoms with Crippen LogP contribution in [0.15, 0.2) is 18.2 Å². The molecule has 3 nitrogen and oxygen atoms in total. The molecular weight excluding hydrogens is 267 g/mol. The van der Waals surface area contributed by atoms with E-state index in [1.165, 1.54) is 6.07 Å². The Hall–Kier alpha value is -1.56. The van der Waals surface area contributed by atoms with Crippen LogP contribution in [0.5, 0.6) is 0 Å². The van der Waals surface area contributed by atoms with Crippen LogP contribution in [-0.4, -0.2) is 16.0 Å². The lowest BCUT2D eigenvalue weighted by Crippen LogP contribution is -2.31. The molecule has 3 N–H and O–H groups in total. The molecule has 0 amide bonds. The van der Waals surface area contributed by atoms with E-state index in [1.807, 2.05) is 0 Å². The topological polar surface area (TPSA) is 54.7 Å². The first-order valence-electron chi connectivity index (χ1n) is 6.77. The molecule has 0 saturated heterocycles. The molecule has 1 fully saturated rings. The molecule has 0 spiro atoms. The van der Waals surface area contributed by atoms with Gasteiger partial charge in [-0.1, -0.05) is 12.8 Å². The summed E-state index contributed by atoms with van der Waals surface area (Å²) in [7, 11) is 0. The van der Waals surface area contributed by atoms with Gasteiger partial charge in [0.15, 0.2) is 0 Å². The van der Waals surface area contributed by atoms with Crippen molar-refractivity contribution in [1.29, 1.82) is 0 Å². The molecule has 0 aliphatic heterocycles. The van der Waals surface area contributed by atoms with Crippen molar-refractivity contribution < 1.29 is 13.2 Å². The minimum absolute atomic E-state index is 0.0337. The number of benzene rings is 1. The molecule has 6 heteroatoms. The van der Waals surface area contributed by atoms with Crippen molar-refractivity contribution in [1.82, 2.24) is 9.97 Å².